The second-order valence-corrected chi connectivity index (χ2v) is 5.59. The molecule has 126 valence electrons. The zero-order valence-electron chi connectivity index (χ0n) is 14.2. The molecule has 0 spiro atoms. The van der Waals surface area contributed by atoms with Crippen molar-refractivity contribution in [2.45, 2.75) is 13.3 Å². The lowest BCUT2D eigenvalue weighted by atomic mass is 10.1. The van der Waals surface area contributed by atoms with Gasteiger partial charge in [0.1, 0.15) is 5.82 Å². The van der Waals surface area contributed by atoms with Gasteiger partial charge in [0, 0.05) is 38.1 Å². The molecule has 0 radical (unpaired) electrons. The highest BCUT2D eigenvalue weighted by molar-refractivity contribution is 6.05. The molecule has 0 saturated carbocycles. The highest BCUT2D eigenvalue weighted by Gasteiger charge is 2.10. The number of pyridine rings is 1. The molecule has 0 fully saturated rings. The number of carbonyl (C=O) groups is 2. The first-order valence-corrected chi connectivity index (χ1v) is 7.84. The molecule has 1 aromatic heterocycles. The Labute approximate surface area is 141 Å². The van der Waals surface area contributed by atoms with E-state index in [-0.39, 0.29) is 11.8 Å². The summed E-state index contributed by atoms with van der Waals surface area (Å²) in [5.41, 5.74) is 1.55. The van der Waals surface area contributed by atoms with Crippen LogP contribution in [0.4, 0.5) is 11.5 Å². The molecule has 2 aromatic rings. The van der Waals surface area contributed by atoms with E-state index >= 15 is 0 Å². The highest BCUT2D eigenvalue weighted by atomic mass is 16.2. The molecule has 0 aliphatic rings. The lowest BCUT2D eigenvalue weighted by molar-refractivity contribution is 0.0952. The first kappa shape index (κ1) is 17.5. The van der Waals surface area contributed by atoms with Crippen LogP contribution in [0.3, 0.4) is 0 Å². The molecule has 0 aliphatic carbocycles. The molecule has 1 aromatic carbocycles. The molecule has 1 heterocycles. The van der Waals surface area contributed by atoms with E-state index in [9.17, 15) is 9.59 Å². The van der Waals surface area contributed by atoms with Crippen molar-refractivity contribution in [3.63, 3.8) is 0 Å². The van der Waals surface area contributed by atoms with Crippen LogP contribution in [0.2, 0.25) is 0 Å². The number of hydrogen-bond acceptors (Lipinski definition) is 4. The van der Waals surface area contributed by atoms with Gasteiger partial charge in [-0.2, -0.15) is 0 Å². The maximum absolute atomic E-state index is 12.3. The Morgan fingerprint density at radius 1 is 1.08 bits per heavy atom. The van der Waals surface area contributed by atoms with Gasteiger partial charge in [0.05, 0.1) is 5.56 Å². The lowest BCUT2D eigenvalue weighted by Gasteiger charge is -2.11. The Bertz CT molecular complexity index is 711. The van der Waals surface area contributed by atoms with Gasteiger partial charge in [-0.05, 0) is 36.8 Å². The minimum atomic E-state index is -0.265. The van der Waals surface area contributed by atoms with Crippen molar-refractivity contribution in [1.82, 2.24) is 10.3 Å². The van der Waals surface area contributed by atoms with Crippen LogP contribution >= 0.6 is 0 Å². The summed E-state index contributed by atoms with van der Waals surface area (Å²) in [6.07, 6.45) is 2.40. The Morgan fingerprint density at radius 3 is 2.50 bits per heavy atom. The van der Waals surface area contributed by atoms with Crippen LogP contribution in [0.5, 0.6) is 0 Å². The minimum absolute atomic E-state index is 0.148. The minimum Gasteiger partial charge on any atom is -0.363 e. The average Bonchev–Trinajstić information content (AvgIpc) is 2.60. The molecule has 0 saturated heterocycles. The second kappa shape index (κ2) is 8.10. The van der Waals surface area contributed by atoms with Gasteiger partial charge < -0.3 is 15.5 Å². The summed E-state index contributed by atoms with van der Waals surface area (Å²) in [5.74, 6) is 0.366. The van der Waals surface area contributed by atoms with E-state index in [1.54, 1.807) is 36.4 Å². The third kappa shape index (κ3) is 4.55. The van der Waals surface area contributed by atoms with E-state index in [4.69, 9.17) is 0 Å². The number of benzene rings is 1. The molecule has 0 atom stereocenters. The van der Waals surface area contributed by atoms with E-state index in [2.05, 4.69) is 15.6 Å². The zero-order chi connectivity index (χ0) is 17.5. The lowest BCUT2D eigenvalue weighted by Crippen LogP contribution is -2.24. The van der Waals surface area contributed by atoms with Gasteiger partial charge in [0.15, 0.2) is 0 Å². The maximum atomic E-state index is 12.3. The summed E-state index contributed by atoms with van der Waals surface area (Å²) in [4.78, 5) is 30.3. The first-order chi connectivity index (χ1) is 11.5. The highest BCUT2D eigenvalue weighted by Crippen LogP contribution is 2.13. The standard InChI is InChI=1S/C18H22N4O2/c1-4-10-19-17(23)13-6-5-7-15(11-13)21-18(24)14-8-9-16(20-12-14)22(2)3/h5-9,11-12H,4,10H2,1-3H3,(H,19,23)(H,21,24). The first-order valence-electron chi connectivity index (χ1n) is 7.84. The zero-order valence-corrected chi connectivity index (χ0v) is 14.2. The van der Waals surface area contributed by atoms with Gasteiger partial charge >= 0.3 is 0 Å². The molecule has 2 amide bonds. The van der Waals surface area contributed by atoms with Crippen molar-refractivity contribution in [3.05, 3.63) is 53.7 Å². The molecule has 6 nitrogen and oxygen atoms in total. The fourth-order valence-electron chi connectivity index (χ4n) is 2.07. The van der Waals surface area contributed by atoms with E-state index in [0.29, 0.717) is 23.4 Å². The number of aromatic nitrogens is 1. The summed E-state index contributed by atoms with van der Waals surface area (Å²) in [5, 5.41) is 5.60. The number of anilines is 2. The van der Waals surface area contributed by atoms with E-state index in [1.807, 2.05) is 25.9 Å². The van der Waals surface area contributed by atoms with Gasteiger partial charge in [-0.15, -0.1) is 0 Å². The number of nitrogens with one attached hydrogen (secondary N) is 2. The average molecular weight is 326 g/mol. The van der Waals surface area contributed by atoms with Gasteiger partial charge in [0.25, 0.3) is 11.8 Å². The largest absolute Gasteiger partial charge is 0.363 e. The summed E-state index contributed by atoms with van der Waals surface area (Å²) in [7, 11) is 3.77. The number of hydrogen-bond donors (Lipinski definition) is 2. The van der Waals surface area contributed by atoms with Crippen molar-refractivity contribution in [1.29, 1.82) is 0 Å². The number of amides is 2. The second-order valence-electron chi connectivity index (χ2n) is 5.59. The Hall–Kier alpha value is -2.89. The fraction of sp³-hybridized carbons (Fsp3) is 0.278. The number of nitrogens with zero attached hydrogens (tertiary/aromatic N) is 2. The van der Waals surface area contributed by atoms with Crippen LogP contribution in [0.1, 0.15) is 34.1 Å². The smallest absolute Gasteiger partial charge is 0.257 e. The molecular formula is C18H22N4O2. The normalized spacial score (nSPS) is 10.1. The van der Waals surface area contributed by atoms with E-state index in [0.717, 1.165) is 12.2 Å². The SMILES string of the molecule is CCCNC(=O)c1cccc(NC(=O)c2ccc(N(C)C)nc2)c1. The van der Waals surface area contributed by atoms with Gasteiger partial charge in [-0.1, -0.05) is 13.0 Å². The summed E-state index contributed by atoms with van der Waals surface area (Å²) in [6.45, 7) is 2.62. The van der Waals surface area contributed by atoms with Crippen molar-refractivity contribution >= 4 is 23.3 Å². The van der Waals surface area contributed by atoms with Crippen LogP contribution in [0.15, 0.2) is 42.6 Å². The molecule has 2 rings (SSSR count). The third-order valence-corrected chi connectivity index (χ3v) is 3.39. The molecular weight excluding hydrogens is 304 g/mol. The van der Waals surface area contributed by atoms with Crippen molar-refractivity contribution < 1.29 is 9.59 Å². The Kier molecular flexibility index (Phi) is 5.89. The van der Waals surface area contributed by atoms with Crippen molar-refractivity contribution in [2.24, 2.45) is 0 Å². The molecule has 6 heteroatoms. The molecule has 0 unspecified atom stereocenters. The summed E-state index contributed by atoms with van der Waals surface area (Å²) >= 11 is 0. The van der Waals surface area contributed by atoms with E-state index in [1.165, 1.54) is 6.20 Å². The van der Waals surface area contributed by atoms with Crippen molar-refractivity contribution in [3.8, 4) is 0 Å². The molecule has 2 N–H and O–H groups in total. The predicted octanol–water partition coefficient (Wildman–Crippen LogP) is 2.54. The van der Waals surface area contributed by atoms with Crippen molar-refractivity contribution in [2.75, 3.05) is 30.9 Å². The molecule has 0 bridgehead atoms. The quantitative estimate of drug-likeness (QED) is 0.855. The monoisotopic (exact) mass is 326 g/mol. The van der Waals surface area contributed by atoms with Gasteiger partial charge in [-0.25, -0.2) is 4.98 Å². The van der Waals surface area contributed by atoms with E-state index < -0.39 is 0 Å². The Balaban J connectivity index is 2.07. The van der Waals surface area contributed by atoms with Crippen LogP contribution in [-0.2, 0) is 0 Å². The van der Waals surface area contributed by atoms with Gasteiger partial charge in [0.2, 0.25) is 0 Å². The summed E-state index contributed by atoms with van der Waals surface area (Å²) in [6, 6.07) is 10.4. The van der Waals surface area contributed by atoms with Gasteiger partial charge in [-0.3, -0.25) is 9.59 Å². The summed E-state index contributed by atoms with van der Waals surface area (Å²) < 4.78 is 0. The topological polar surface area (TPSA) is 74.3 Å². The molecule has 0 aliphatic heterocycles. The Morgan fingerprint density at radius 2 is 1.88 bits per heavy atom. The van der Waals surface area contributed by atoms with Crippen LogP contribution in [-0.4, -0.2) is 37.4 Å². The van der Waals surface area contributed by atoms with Crippen LogP contribution < -0.4 is 15.5 Å². The predicted molar refractivity (Wildman–Crippen MR) is 95.6 cm³/mol. The van der Waals surface area contributed by atoms with Crippen LogP contribution in [0, 0.1) is 0 Å². The third-order valence-electron chi connectivity index (χ3n) is 3.39. The van der Waals surface area contributed by atoms with Crippen LogP contribution in [0.25, 0.3) is 0 Å². The molecule has 24 heavy (non-hydrogen) atoms. The fourth-order valence-corrected chi connectivity index (χ4v) is 2.07. The number of rotatable bonds is 6. The maximum Gasteiger partial charge on any atom is 0.257 e. The number of carbonyl (C=O) groups excluding carboxylic acids is 2.